The maximum atomic E-state index is 11.8. The molecule has 2 fully saturated rings. The van der Waals surface area contributed by atoms with Gasteiger partial charge in [-0.15, -0.1) is 0 Å². The summed E-state index contributed by atoms with van der Waals surface area (Å²) in [5.41, 5.74) is 0. The molecule has 0 bridgehead atoms. The first-order valence-electron chi connectivity index (χ1n) is 6.54. The molecule has 3 N–H and O–H groups in total. The van der Waals surface area contributed by atoms with Crippen LogP contribution in [-0.4, -0.2) is 36.5 Å². The molecule has 5 nitrogen and oxygen atoms in total. The molecule has 1 heterocycles. The highest BCUT2D eigenvalue weighted by Crippen LogP contribution is 2.22. The first kappa shape index (κ1) is 12.4. The zero-order chi connectivity index (χ0) is 12.3. The second-order valence-electron chi connectivity index (χ2n) is 4.88. The van der Waals surface area contributed by atoms with Crippen molar-refractivity contribution in [3.8, 4) is 0 Å². The second-order valence-corrected chi connectivity index (χ2v) is 4.88. The Hall–Kier alpha value is -1.10. The molecule has 1 aliphatic heterocycles. The van der Waals surface area contributed by atoms with Gasteiger partial charge in [-0.2, -0.15) is 0 Å². The van der Waals surface area contributed by atoms with E-state index in [4.69, 9.17) is 0 Å². The Morgan fingerprint density at radius 3 is 2.76 bits per heavy atom. The summed E-state index contributed by atoms with van der Waals surface area (Å²) in [6.07, 6.45) is 4.78. The molecular formula is C12H21N3O2. The smallest absolute Gasteiger partial charge is 0.237 e. The number of hydrogen-bond donors (Lipinski definition) is 3. The quantitative estimate of drug-likeness (QED) is 0.645. The molecule has 17 heavy (non-hydrogen) atoms. The number of amides is 2. The fraction of sp³-hybridized carbons (Fsp3) is 0.833. The third-order valence-electron chi connectivity index (χ3n) is 3.59. The molecule has 1 saturated heterocycles. The van der Waals surface area contributed by atoms with Crippen LogP contribution in [0.25, 0.3) is 0 Å². The van der Waals surface area contributed by atoms with Gasteiger partial charge in [-0.3, -0.25) is 9.59 Å². The van der Waals surface area contributed by atoms with Gasteiger partial charge in [-0.05, 0) is 19.8 Å². The van der Waals surface area contributed by atoms with Gasteiger partial charge in [0.15, 0.2) is 0 Å². The lowest BCUT2D eigenvalue weighted by molar-refractivity contribution is -0.131. The maximum Gasteiger partial charge on any atom is 0.237 e. The minimum Gasteiger partial charge on any atom is -0.356 e. The lowest BCUT2D eigenvalue weighted by Gasteiger charge is -2.40. The van der Waals surface area contributed by atoms with Gasteiger partial charge < -0.3 is 16.0 Å². The Kier molecular flexibility index (Phi) is 3.99. The highest BCUT2D eigenvalue weighted by atomic mass is 16.2. The molecule has 0 radical (unpaired) electrons. The summed E-state index contributed by atoms with van der Waals surface area (Å²) in [6.45, 7) is 2.49. The van der Waals surface area contributed by atoms with E-state index < -0.39 is 0 Å². The summed E-state index contributed by atoms with van der Waals surface area (Å²) in [4.78, 5) is 23.3. The monoisotopic (exact) mass is 239 g/mol. The molecule has 0 aromatic heterocycles. The van der Waals surface area contributed by atoms with Gasteiger partial charge in [-0.1, -0.05) is 12.8 Å². The molecule has 0 aromatic carbocycles. The van der Waals surface area contributed by atoms with Crippen molar-refractivity contribution < 1.29 is 9.59 Å². The van der Waals surface area contributed by atoms with Crippen molar-refractivity contribution in [3.05, 3.63) is 0 Å². The zero-order valence-electron chi connectivity index (χ0n) is 10.3. The van der Waals surface area contributed by atoms with Crippen molar-refractivity contribution in [1.29, 1.82) is 0 Å². The van der Waals surface area contributed by atoms with Crippen LogP contribution in [0.4, 0.5) is 0 Å². The molecule has 0 unspecified atom stereocenters. The Morgan fingerprint density at radius 2 is 2.06 bits per heavy atom. The Bertz CT molecular complexity index is 306. The van der Waals surface area contributed by atoms with Crippen molar-refractivity contribution in [2.75, 3.05) is 6.54 Å². The van der Waals surface area contributed by atoms with Gasteiger partial charge in [-0.25, -0.2) is 0 Å². The molecule has 1 saturated carbocycles. The predicted molar refractivity (Wildman–Crippen MR) is 64.4 cm³/mol. The minimum absolute atomic E-state index is 0.0283. The van der Waals surface area contributed by atoms with Crippen molar-refractivity contribution >= 4 is 11.8 Å². The van der Waals surface area contributed by atoms with Crippen molar-refractivity contribution in [2.45, 2.75) is 57.2 Å². The SMILES string of the molecule is CCNC(=O)C[C@H]1N[C@H]2CCCC[C@@H]2NC1=O. The lowest BCUT2D eigenvalue weighted by Crippen LogP contribution is -2.65. The molecular weight excluding hydrogens is 218 g/mol. The lowest BCUT2D eigenvalue weighted by atomic mass is 9.87. The number of fused-ring (bicyclic) bond motifs is 1. The number of nitrogens with one attached hydrogen (secondary N) is 3. The van der Waals surface area contributed by atoms with E-state index in [9.17, 15) is 9.59 Å². The summed E-state index contributed by atoms with van der Waals surface area (Å²) >= 11 is 0. The fourth-order valence-electron chi connectivity index (χ4n) is 2.73. The van der Waals surface area contributed by atoms with Gasteiger partial charge in [0.2, 0.25) is 11.8 Å². The standard InChI is InChI=1S/C12H21N3O2/c1-2-13-11(16)7-10-12(17)15-9-6-4-3-5-8(9)14-10/h8-10,14H,2-7H2,1H3,(H,13,16)(H,15,17)/t8-,9-,10+/m0/s1. The fourth-order valence-corrected chi connectivity index (χ4v) is 2.73. The molecule has 2 aliphatic rings. The molecule has 2 amide bonds. The van der Waals surface area contributed by atoms with Crippen LogP contribution in [0.2, 0.25) is 0 Å². The van der Waals surface area contributed by atoms with Crippen molar-refractivity contribution in [3.63, 3.8) is 0 Å². The largest absolute Gasteiger partial charge is 0.356 e. The van der Waals surface area contributed by atoms with E-state index in [1.807, 2.05) is 6.92 Å². The van der Waals surface area contributed by atoms with Crippen LogP contribution >= 0.6 is 0 Å². The van der Waals surface area contributed by atoms with Crippen LogP contribution in [-0.2, 0) is 9.59 Å². The van der Waals surface area contributed by atoms with Gasteiger partial charge >= 0.3 is 0 Å². The average molecular weight is 239 g/mol. The number of hydrogen-bond acceptors (Lipinski definition) is 3. The van der Waals surface area contributed by atoms with E-state index in [1.54, 1.807) is 0 Å². The van der Waals surface area contributed by atoms with Crippen molar-refractivity contribution in [2.24, 2.45) is 0 Å². The summed E-state index contributed by atoms with van der Waals surface area (Å²) in [5.74, 6) is -0.0891. The Balaban J connectivity index is 1.90. The van der Waals surface area contributed by atoms with Gasteiger partial charge in [0.25, 0.3) is 0 Å². The number of carbonyl (C=O) groups excluding carboxylic acids is 2. The highest BCUT2D eigenvalue weighted by Gasteiger charge is 2.36. The molecule has 3 atom stereocenters. The van der Waals surface area contributed by atoms with E-state index in [2.05, 4.69) is 16.0 Å². The van der Waals surface area contributed by atoms with Crippen molar-refractivity contribution in [1.82, 2.24) is 16.0 Å². The van der Waals surface area contributed by atoms with Crippen LogP contribution in [0, 0.1) is 0 Å². The third kappa shape index (κ3) is 2.97. The molecule has 0 aromatic rings. The van der Waals surface area contributed by atoms with E-state index in [-0.39, 0.29) is 30.3 Å². The van der Waals surface area contributed by atoms with Crippen LogP contribution in [0.15, 0.2) is 0 Å². The normalized spacial score (nSPS) is 32.5. The summed E-state index contributed by atoms with van der Waals surface area (Å²) in [6, 6.07) is 0.253. The number of carbonyl (C=O) groups is 2. The van der Waals surface area contributed by atoms with E-state index in [0.717, 1.165) is 12.8 Å². The van der Waals surface area contributed by atoms with Gasteiger partial charge in [0.05, 0.1) is 12.5 Å². The first-order valence-corrected chi connectivity index (χ1v) is 6.54. The zero-order valence-corrected chi connectivity index (χ0v) is 10.3. The van der Waals surface area contributed by atoms with E-state index in [1.165, 1.54) is 12.8 Å². The molecule has 0 spiro atoms. The predicted octanol–water partition coefficient (Wildman–Crippen LogP) is -0.0882. The van der Waals surface area contributed by atoms with E-state index >= 15 is 0 Å². The molecule has 5 heteroatoms. The average Bonchev–Trinajstić information content (AvgIpc) is 2.30. The topological polar surface area (TPSA) is 70.2 Å². The minimum atomic E-state index is -0.360. The van der Waals surface area contributed by atoms with Crippen LogP contribution < -0.4 is 16.0 Å². The molecule has 1 aliphatic carbocycles. The van der Waals surface area contributed by atoms with Crippen LogP contribution in [0.1, 0.15) is 39.0 Å². The molecule has 96 valence electrons. The van der Waals surface area contributed by atoms with Crippen LogP contribution in [0.3, 0.4) is 0 Å². The maximum absolute atomic E-state index is 11.8. The third-order valence-corrected chi connectivity index (χ3v) is 3.59. The van der Waals surface area contributed by atoms with Gasteiger partial charge in [0.1, 0.15) is 0 Å². The summed E-state index contributed by atoms with van der Waals surface area (Å²) < 4.78 is 0. The number of rotatable bonds is 3. The van der Waals surface area contributed by atoms with Gasteiger partial charge in [0, 0.05) is 18.6 Å². The van der Waals surface area contributed by atoms with E-state index in [0.29, 0.717) is 12.6 Å². The Labute approximate surface area is 102 Å². The number of piperazine rings is 1. The first-order chi connectivity index (χ1) is 8.20. The second kappa shape index (κ2) is 5.49. The molecule has 2 rings (SSSR count). The van der Waals surface area contributed by atoms with Crippen LogP contribution in [0.5, 0.6) is 0 Å². The highest BCUT2D eigenvalue weighted by molar-refractivity contribution is 5.89. The summed E-state index contributed by atoms with van der Waals surface area (Å²) in [7, 11) is 0. The summed E-state index contributed by atoms with van der Waals surface area (Å²) in [5, 5.41) is 9.08. The Morgan fingerprint density at radius 1 is 1.35 bits per heavy atom.